The van der Waals surface area contributed by atoms with Gasteiger partial charge >= 0.3 is 0 Å². The molecule has 0 radical (unpaired) electrons. The molecule has 0 bridgehead atoms. The van der Waals surface area contributed by atoms with Crippen LogP contribution in [0.2, 0.25) is 0 Å². The van der Waals surface area contributed by atoms with Gasteiger partial charge in [0, 0.05) is 11.6 Å². The van der Waals surface area contributed by atoms with Gasteiger partial charge in [-0.05, 0) is 19.1 Å². The predicted molar refractivity (Wildman–Crippen MR) is 54.6 cm³/mol. The van der Waals surface area contributed by atoms with Crippen molar-refractivity contribution in [2.45, 2.75) is 6.92 Å². The second-order valence-corrected chi connectivity index (χ2v) is 4.20. The summed E-state index contributed by atoms with van der Waals surface area (Å²) in [6.07, 6.45) is 0. The average molecular weight is 231 g/mol. The van der Waals surface area contributed by atoms with Gasteiger partial charge in [-0.1, -0.05) is 0 Å². The minimum absolute atomic E-state index is 0.0741. The molecule has 0 heterocycles. The van der Waals surface area contributed by atoms with Crippen LogP contribution in [0.4, 0.5) is 11.4 Å². The first-order valence-corrected chi connectivity index (χ1v) is 5.40. The number of hydrogen-bond donors (Lipinski definition) is 2. The molecule has 15 heavy (non-hydrogen) atoms. The summed E-state index contributed by atoms with van der Waals surface area (Å²) < 4.78 is 23.3. The molecule has 0 amide bonds. The number of nitro groups is 1. The minimum Gasteiger partial charge on any atom is -0.271 e. The molecular weight excluding hydrogens is 222 g/mol. The van der Waals surface area contributed by atoms with Crippen LogP contribution in [-0.2, 0) is 10.2 Å². The van der Waals surface area contributed by atoms with Gasteiger partial charge in [-0.2, -0.15) is 8.42 Å². The first kappa shape index (κ1) is 11.4. The van der Waals surface area contributed by atoms with Gasteiger partial charge < -0.3 is 0 Å². The van der Waals surface area contributed by atoms with Crippen molar-refractivity contribution in [1.29, 1.82) is 0 Å². The molecule has 0 aliphatic heterocycles. The second-order valence-electron chi connectivity index (χ2n) is 2.91. The van der Waals surface area contributed by atoms with Crippen LogP contribution in [0.15, 0.2) is 18.2 Å². The standard InChI is InChI=1S/C7H9N3O4S/c1-5-4-6(9-15(8,13)14)2-3-7(5)10(11)12/h2-4,9H,1H3,(H2,8,13,14). The zero-order chi connectivity index (χ0) is 11.6. The number of nitrogens with zero attached hydrogens (tertiary/aromatic N) is 1. The molecule has 1 aromatic carbocycles. The van der Waals surface area contributed by atoms with Crippen LogP contribution in [0.3, 0.4) is 0 Å². The number of nitro benzene ring substituents is 1. The summed E-state index contributed by atoms with van der Waals surface area (Å²) in [4.78, 5) is 9.91. The SMILES string of the molecule is Cc1cc(NS(N)(=O)=O)ccc1[N+](=O)[O-]. The van der Waals surface area contributed by atoms with E-state index in [0.29, 0.717) is 5.56 Å². The van der Waals surface area contributed by atoms with Gasteiger partial charge in [0.05, 0.1) is 10.6 Å². The molecule has 0 aliphatic carbocycles. The third-order valence-corrected chi connectivity index (χ3v) is 2.17. The summed E-state index contributed by atoms with van der Waals surface area (Å²) in [5, 5.41) is 15.2. The van der Waals surface area contributed by atoms with Gasteiger partial charge in [0.1, 0.15) is 0 Å². The number of nitrogens with two attached hydrogens (primary N) is 1. The fraction of sp³-hybridized carbons (Fsp3) is 0.143. The Morgan fingerprint density at radius 3 is 2.47 bits per heavy atom. The lowest BCUT2D eigenvalue weighted by Crippen LogP contribution is -2.21. The van der Waals surface area contributed by atoms with Gasteiger partial charge in [0.15, 0.2) is 0 Å². The van der Waals surface area contributed by atoms with E-state index >= 15 is 0 Å². The zero-order valence-electron chi connectivity index (χ0n) is 7.80. The summed E-state index contributed by atoms with van der Waals surface area (Å²) in [7, 11) is -3.85. The first-order chi connectivity index (χ1) is 6.79. The molecule has 0 saturated carbocycles. The van der Waals surface area contributed by atoms with Crippen molar-refractivity contribution < 1.29 is 13.3 Å². The van der Waals surface area contributed by atoms with Crippen LogP contribution in [0.1, 0.15) is 5.56 Å². The zero-order valence-corrected chi connectivity index (χ0v) is 8.61. The number of hydrogen-bond acceptors (Lipinski definition) is 4. The minimum atomic E-state index is -3.85. The van der Waals surface area contributed by atoms with Crippen LogP contribution < -0.4 is 9.86 Å². The van der Waals surface area contributed by atoms with Crippen LogP contribution in [0, 0.1) is 17.0 Å². The summed E-state index contributed by atoms with van der Waals surface area (Å²) in [5.74, 6) is 0. The maximum absolute atomic E-state index is 10.7. The van der Waals surface area contributed by atoms with E-state index < -0.39 is 15.1 Å². The Hall–Kier alpha value is -1.67. The summed E-state index contributed by atoms with van der Waals surface area (Å²) in [5.41, 5.74) is 0.476. The molecule has 0 aromatic heterocycles. The molecule has 8 heteroatoms. The third kappa shape index (κ3) is 3.18. The molecule has 0 saturated heterocycles. The molecule has 0 spiro atoms. The van der Waals surface area contributed by atoms with Crippen molar-refractivity contribution in [3.63, 3.8) is 0 Å². The van der Waals surface area contributed by atoms with Crippen molar-refractivity contribution >= 4 is 21.6 Å². The molecule has 0 fully saturated rings. The smallest absolute Gasteiger partial charge is 0.271 e. The Labute approximate surface area is 86.2 Å². The molecule has 1 rings (SSSR count). The lowest BCUT2D eigenvalue weighted by atomic mass is 10.2. The number of nitrogens with one attached hydrogen (secondary N) is 1. The Balaban J connectivity index is 3.07. The Bertz CT molecular complexity index is 497. The van der Waals surface area contributed by atoms with Gasteiger partial charge in [-0.25, -0.2) is 5.14 Å². The number of benzene rings is 1. The van der Waals surface area contributed by atoms with E-state index in [-0.39, 0.29) is 11.4 Å². The van der Waals surface area contributed by atoms with E-state index in [1.807, 2.05) is 4.72 Å². The molecule has 0 aliphatic rings. The summed E-state index contributed by atoms with van der Waals surface area (Å²) in [6.45, 7) is 1.51. The van der Waals surface area contributed by atoms with E-state index in [0.717, 1.165) is 0 Å². The molecule has 0 atom stereocenters. The summed E-state index contributed by atoms with van der Waals surface area (Å²) >= 11 is 0. The summed E-state index contributed by atoms with van der Waals surface area (Å²) in [6, 6.07) is 3.82. The Kier molecular flexibility index (Phi) is 2.91. The van der Waals surface area contributed by atoms with E-state index in [9.17, 15) is 18.5 Å². The van der Waals surface area contributed by atoms with E-state index in [4.69, 9.17) is 5.14 Å². The fourth-order valence-electron chi connectivity index (χ4n) is 1.09. The van der Waals surface area contributed by atoms with Crippen molar-refractivity contribution in [1.82, 2.24) is 0 Å². The van der Waals surface area contributed by atoms with Crippen LogP contribution in [0.5, 0.6) is 0 Å². The molecule has 0 unspecified atom stereocenters. The molecule has 7 nitrogen and oxygen atoms in total. The largest absolute Gasteiger partial charge is 0.296 e. The van der Waals surface area contributed by atoms with E-state index in [1.54, 1.807) is 0 Å². The number of rotatable bonds is 3. The van der Waals surface area contributed by atoms with E-state index in [2.05, 4.69) is 0 Å². The van der Waals surface area contributed by atoms with Crippen LogP contribution >= 0.6 is 0 Å². The topological polar surface area (TPSA) is 115 Å². The highest BCUT2D eigenvalue weighted by Crippen LogP contribution is 2.21. The highest BCUT2D eigenvalue weighted by Gasteiger charge is 2.11. The molecule has 1 aromatic rings. The number of aryl methyl sites for hydroxylation is 1. The monoisotopic (exact) mass is 231 g/mol. The Morgan fingerprint density at radius 2 is 2.07 bits per heavy atom. The molecular formula is C7H9N3O4S. The normalized spacial score (nSPS) is 11.1. The highest BCUT2D eigenvalue weighted by molar-refractivity contribution is 7.90. The lowest BCUT2D eigenvalue weighted by Gasteiger charge is -2.04. The van der Waals surface area contributed by atoms with Crippen LogP contribution in [-0.4, -0.2) is 13.3 Å². The second kappa shape index (κ2) is 3.83. The van der Waals surface area contributed by atoms with E-state index in [1.165, 1.54) is 25.1 Å². The average Bonchev–Trinajstić information content (AvgIpc) is 1.99. The predicted octanol–water partition coefficient (Wildman–Crippen LogP) is 0.519. The maximum Gasteiger partial charge on any atom is 0.296 e. The number of anilines is 1. The van der Waals surface area contributed by atoms with Crippen molar-refractivity contribution in [2.75, 3.05) is 4.72 Å². The van der Waals surface area contributed by atoms with Gasteiger partial charge in [-0.15, -0.1) is 0 Å². The quantitative estimate of drug-likeness (QED) is 0.582. The van der Waals surface area contributed by atoms with Crippen molar-refractivity contribution in [2.24, 2.45) is 5.14 Å². The lowest BCUT2D eigenvalue weighted by molar-refractivity contribution is -0.385. The van der Waals surface area contributed by atoms with Gasteiger partial charge in [0.25, 0.3) is 15.9 Å². The van der Waals surface area contributed by atoms with Crippen molar-refractivity contribution in [3.8, 4) is 0 Å². The molecule has 82 valence electrons. The molecule has 3 N–H and O–H groups in total. The highest BCUT2D eigenvalue weighted by atomic mass is 32.2. The van der Waals surface area contributed by atoms with Crippen molar-refractivity contribution in [3.05, 3.63) is 33.9 Å². The first-order valence-electron chi connectivity index (χ1n) is 3.85. The fourth-order valence-corrected chi connectivity index (χ4v) is 1.54. The third-order valence-electron chi connectivity index (χ3n) is 1.65. The maximum atomic E-state index is 10.7. The van der Waals surface area contributed by atoms with Gasteiger partial charge in [-0.3, -0.25) is 14.8 Å². The van der Waals surface area contributed by atoms with Gasteiger partial charge in [0.2, 0.25) is 0 Å². The van der Waals surface area contributed by atoms with Crippen LogP contribution in [0.25, 0.3) is 0 Å². The Morgan fingerprint density at radius 1 is 1.47 bits per heavy atom.